The summed E-state index contributed by atoms with van der Waals surface area (Å²) in [5.74, 6) is 0.705. The number of aromatic nitrogens is 4. The van der Waals surface area contributed by atoms with Crippen LogP contribution in [0.3, 0.4) is 0 Å². The molecule has 4 heteroatoms. The Morgan fingerprint density at radius 2 is 0.796 bits per heavy atom. The fraction of sp³-hybridized carbons (Fsp3) is 0. The van der Waals surface area contributed by atoms with Gasteiger partial charge in [0, 0.05) is 49.4 Å². The average Bonchev–Trinajstić information content (AvgIpc) is 3.76. The predicted molar refractivity (Wildman–Crippen MR) is 225 cm³/mol. The molecule has 11 rings (SSSR count). The fourth-order valence-corrected chi connectivity index (χ4v) is 8.22. The van der Waals surface area contributed by atoms with Crippen LogP contribution in [0.1, 0.15) is 0 Å². The van der Waals surface area contributed by atoms with Gasteiger partial charge in [-0.2, -0.15) is 0 Å². The lowest BCUT2D eigenvalue weighted by Crippen LogP contribution is -1.97. The van der Waals surface area contributed by atoms with Crippen molar-refractivity contribution in [3.63, 3.8) is 0 Å². The first-order valence-electron chi connectivity index (χ1n) is 18.3. The Kier molecular flexibility index (Phi) is 6.82. The Balaban J connectivity index is 1.05. The molecule has 0 aliphatic carbocycles. The Labute approximate surface area is 311 Å². The van der Waals surface area contributed by atoms with Gasteiger partial charge in [-0.15, -0.1) is 0 Å². The predicted octanol–water partition coefficient (Wildman–Crippen LogP) is 12.8. The van der Waals surface area contributed by atoms with Gasteiger partial charge in [0.15, 0.2) is 5.82 Å². The summed E-state index contributed by atoms with van der Waals surface area (Å²) in [7, 11) is 0. The highest BCUT2D eigenvalue weighted by Gasteiger charge is 2.17. The van der Waals surface area contributed by atoms with Gasteiger partial charge in [-0.3, -0.25) is 0 Å². The van der Waals surface area contributed by atoms with Gasteiger partial charge >= 0.3 is 0 Å². The molecule has 0 amide bonds. The third kappa shape index (κ3) is 4.78. The number of nitrogens with zero attached hydrogens (tertiary/aromatic N) is 4. The molecule has 0 saturated heterocycles. The molecule has 11 aromatic rings. The van der Waals surface area contributed by atoms with Crippen LogP contribution in [-0.4, -0.2) is 19.1 Å². The lowest BCUT2D eigenvalue weighted by atomic mass is 10.0. The molecule has 4 nitrogen and oxygen atoms in total. The molecule has 0 bridgehead atoms. The Morgan fingerprint density at radius 1 is 0.296 bits per heavy atom. The first-order valence-corrected chi connectivity index (χ1v) is 18.3. The molecule has 0 spiro atoms. The second-order valence-corrected chi connectivity index (χ2v) is 13.8. The van der Waals surface area contributed by atoms with E-state index in [2.05, 4.69) is 191 Å². The maximum atomic E-state index is 5.19. The van der Waals surface area contributed by atoms with Gasteiger partial charge in [0.25, 0.3) is 0 Å². The molecular formula is C50H32N4. The summed E-state index contributed by atoms with van der Waals surface area (Å²) in [6.07, 6.45) is 0. The van der Waals surface area contributed by atoms with Gasteiger partial charge < -0.3 is 9.13 Å². The van der Waals surface area contributed by atoms with Crippen LogP contribution in [0.4, 0.5) is 0 Å². The van der Waals surface area contributed by atoms with Gasteiger partial charge in [0.05, 0.1) is 33.3 Å². The summed E-state index contributed by atoms with van der Waals surface area (Å²) in [4.78, 5) is 10.4. The fourth-order valence-electron chi connectivity index (χ4n) is 8.22. The summed E-state index contributed by atoms with van der Waals surface area (Å²) < 4.78 is 4.76. The van der Waals surface area contributed by atoms with Gasteiger partial charge in [-0.25, -0.2) is 9.97 Å². The minimum absolute atomic E-state index is 0.705. The van der Waals surface area contributed by atoms with E-state index < -0.39 is 0 Å². The van der Waals surface area contributed by atoms with Crippen LogP contribution in [0, 0.1) is 0 Å². The van der Waals surface area contributed by atoms with Gasteiger partial charge in [-0.1, -0.05) is 121 Å². The topological polar surface area (TPSA) is 35.6 Å². The first-order chi connectivity index (χ1) is 26.8. The number of fused-ring (bicyclic) bond motifs is 7. The molecule has 0 atom stereocenters. The normalized spacial score (nSPS) is 11.7. The van der Waals surface area contributed by atoms with E-state index in [-0.39, 0.29) is 0 Å². The van der Waals surface area contributed by atoms with Crippen molar-refractivity contribution >= 4 is 54.5 Å². The number of rotatable bonds is 5. The maximum absolute atomic E-state index is 5.19. The molecular weight excluding hydrogens is 657 g/mol. The molecule has 0 aliphatic heterocycles. The van der Waals surface area contributed by atoms with Gasteiger partial charge in [0.1, 0.15) is 0 Å². The maximum Gasteiger partial charge on any atom is 0.160 e. The highest BCUT2D eigenvalue weighted by Crippen LogP contribution is 2.38. The van der Waals surface area contributed by atoms with Crippen LogP contribution in [0.15, 0.2) is 194 Å². The van der Waals surface area contributed by atoms with E-state index in [4.69, 9.17) is 9.97 Å². The highest BCUT2D eigenvalue weighted by molar-refractivity contribution is 6.12. The Morgan fingerprint density at radius 3 is 1.44 bits per heavy atom. The standard InChI is InChI=1S/C50H32N4/c1-3-13-33(14-4-1)36-25-29-42-44(31-36)51-50(52-49(42)34-15-5-2-6-16-34)35-23-26-37(27-24-35)53-47-22-12-9-19-41(47)43-32-38(28-30-48(43)53)54-45-20-10-7-17-39(45)40-18-8-11-21-46(40)54/h1-32H. The molecule has 0 saturated carbocycles. The van der Waals surface area contributed by atoms with E-state index in [1.807, 2.05) is 12.1 Å². The molecule has 0 unspecified atom stereocenters. The smallest absolute Gasteiger partial charge is 0.160 e. The van der Waals surface area contributed by atoms with Crippen LogP contribution < -0.4 is 0 Å². The first kappa shape index (κ1) is 30.3. The van der Waals surface area contributed by atoms with E-state index in [1.165, 1.54) is 43.7 Å². The van der Waals surface area contributed by atoms with Crippen molar-refractivity contribution in [2.45, 2.75) is 0 Å². The molecule has 0 N–H and O–H groups in total. The third-order valence-electron chi connectivity index (χ3n) is 10.7. The van der Waals surface area contributed by atoms with Crippen molar-refractivity contribution in [2.24, 2.45) is 0 Å². The zero-order valence-corrected chi connectivity index (χ0v) is 29.3. The van der Waals surface area contributed by atoms with Crippen molar-refractivity contribution in [3.8, 4) is 45.1 Å². The monoisotopic (exact) mass is 688 g/mol. The molecule has 3 heterocycles. The summed E-state index contributed by atoms with van der Waals surface area (Å²) in [5.41, 5.74) is 13.2. The minimum atomic E-state index is 0.705. The highest BCUT2D eigenvalue weighted by atomic mass is 15.0. The second kappa shape index (κ2) is 12.1. The van der Waals surface area contributed by atoms with Gasteiger partial charge in [-0.05, 0) is 83.9 Å². The van der Waals surface area contributed by atoms with E-state index in [0.29, 0.717) is 5.82 Å². The second-order valence-electron chi connectivity index (χ2n) is 13.8. The van der Waals surface area contributed by atoms with Crippen LogP contribution >= 0.6 is 0 Å². The quantitative estimate of drug-likeness (QED) is 0.180. The van der Waals surface area contributed by atoms with E-state index in [0.717, 1.165) is 50.2 Å². The molecule has 0 aliphatic rings. The van der Waals surface area contributed by atoms with Crippen molar-refractivity contribution in [2.75, 3.05) is 0 Å². The largest absolute Gasteiger partial charge is 0.309 e. The van der Waals surface area contributed by atoms with Crippen molar-refractivity contribution < 1.29 is 0 Å². The van der Waals surface area contributed by atoms with E-state index in [1.54, 1.807) is 0 Å². The summed E-state index contributed by atoms with van der Waals surface area (Å²) in [6, 6.07) is 69.0. The average molecular weight is 689 g/mol. The molecule has 54 heavy (non-hydrogen) atoms. The lowest BCUT2D eigenvalue weighted by Gasteiger charge is -2.12. The van der Waals surface area contributed by atoms with Crippen LogP contribution in [-0.2, 0) is 0 Å². The number of benzene rings is 8. The van der Waals surface area contributed by atoms with Crippen molar-refractivity contribution in [3.05, 3.63) is 194 Å². The SMILES string of the molecule is c1ccc(-c2ccc3c(-c4ccccc4)nc(-c4ccc(-n5c6ccccc6c6cc(-n7c8ccccc8c8ccccc87)ccc65)cc4)nc3c2)cc1. The molecule has 0 fully saturated rings. The summed E-state index contributed by atoms with van der Waals surface area (Å²) >= 11 is 0. The molecule has 8 aromatic carbocycles. The Hall–Kier alpha value is -7.30. The van der Waals surface area contributed by atoms with Crippen LogP contribution in [0.2, 0.25) is 0 Å². The number of hydrogen-bond donors (Lipinski definition) is 0. The zero-order chi connectivity index (χ0) is 35.6. The van der Waals surface area contributed by atoms with Gasteiger partial charge in [0.2, 0.25) is 0 Å². The molecule has 3 aromatic heterocycles. The van der Waals surface area contributed by atoms with E-state index >= 15 is 0 Å². The third-order valence-corrected chi connectivity index (χ3v) is 10.7. The molecule has 0 radical (unpaired) electrons. The lowest BCUT2D eigenvalue weighted by molar-refractivity contribution is 1.16. The van der Waals surface area contributed by atoms with E-state index in [9.17, 15) is 0 Å². The summed E-state index contributed by atoms with van der Waals surface area (Å²) in [6.45, 7) is 0. The van der Waals surface area contributed by atoms with Crippen LogP contribution in [0.25, 0.3) is 99.7 Å². The number of hydrogen-bond acceptors (Lipinski definition) is 2. The summed E-state index contributed by atoms with van der Waals surface area (Å²) in [5, 5.41) is 6.00. The minimum Gasteiger partial charge on any atom is -0.309 e. The number of para-hydroxylation sites is 3. The van der Waals surface area contributed by atoms with Crippen LogP contribution in [0.5, 0.6) is 0 Å². The van der Waals surface area contributed by atoms with Crippen molar-refractivity contribution in [1.29, 1.82) is 0 Å². The Bertz CT molecular complexity index is 3140. The molecule has 252 valence electrons. The zero-order valence-electron chi connectivity index (χ0n) is 29.3. The van der Waals surface area contributed by atoms with Crippen molar-refractivity contribution in [1.82, 2.24) is 19.1 Å².